The Hall–Kier alpha value is -4.80. The highest BCUT2D eigenvalue weighted by molar-refractivity contribution is 5.97. The van der Waals surface area contributed by atoms with Crippen molar-refractivity contribution in [1.82, 2.24) is 5.32 Å². The van der Waals surface area contributed by atoms with E-state index in [-0.39, 0.29) is 17.7 Å². The standard InChI is InChI=1S/C31H23F6NO4/c1-41-29(40)27(18-19-2-14-25(15-3-19)42-26-16-12-24(13-17-26)31(35,36)37)38-28(39)22-6-4-20(5-7-22)21-8-10-23(11-9-21)30(32,33)34/h2-17,27H,18H2,1H3,(H,38,39)/t27-/m0/s1. The molecule has 0 saturated heterocycles. The number of halogens is 6. The average molecular weight is 588 g/mol. The molecule has 0 saturated carbocycles. The minimum atomic E-state index is -4.45. The fraction of sp³-hybridized carbons (Fsp3) is 0.161. The lowest BCUT2D eigenvalue weighted by Gasteiger charge is -2.17. The van der Waals surface area contributed by atoms with Crippen molar-refractivity contribution in [3.63, 3.8) is 0 Å². The van der Waals surface area contributed by atoms with E-state index in [1.54, 1.807) is 36.4 Å². The fourth-order valence-corrected chi connectivity index (χ4v) is 4.02. The van der Waals surface area contributed by atoms with Crippen LogP contribution in [0.4, 0.5) is 26.3 Å². The molecule has 0 aliphatic carbocycles. The van der Waals surface area contributed by atoms with E-state index in [9.17, 15) is 35.9 Å². The van der Waals surface area contributed by atoms with Gasteiger partial charge in [-0.25, -0.2) is 4.79 Å². The molecule has 0 aliphatic rings. The third-order valence-electron chi connectivity index (χ3n) is 6.26. The molecule has 1 N–H and O–H groups in total. The second kappa shape index (κ2) is 12.4. The Labute approximate surface area is 236 Å². The maximum Gasteiger partial charge on any atom is 0.416 e. The van der Waals surface area contributed by atoms with Crippen LogP contribution in [0.5, 0.6) is 11.5 Å². The molecule has 4 rings (SSSR count). The summed E-state index contributed by atoms with van der Waals surface area (Å²) in [6.07, 6.45) is -8.82. The monoisotopic (exact) mass is 587 g/mol. The maximum atomic E-state index is 12.9. The molecule has 218 valence electrons. The molecule has 0 heterocycles. The number of methoxy groups -OCH3 is 1. The van der Waals surface area contributed by atoms with Crippen molar-refractivity contribution in [2.45, 2.75) is 24.8 Å². The summed E-state index contributed by atoms with van der Waals surface area (Å²) in [5.41, 5.74) is 0.438. The van der Waals surface area contributed by atoms with Crippen molar-refractivity contribution in [2.75, 3.05) is 7.11 Å². The molecule has 5 nitrogen and oxygen atoms in total. The molecule has 42 heavy (non-hydrogen) atoms. The van der Waals surface area contributed by atoms with Crippen molar-refractivity contribution >= 4 is 11.9 Å². The SMILES string of the molecule is COC(=O)[C@H](Cc1ccc(Oc2ccc(C(F)(F)F)cc2)cc1)NC(=O)c1ccc(-c2ccc(C(F)(F)F)cc2)cc1. The first-order valence-electron chi connectivity index (χ1n) is 12.4. The zero-order valence-corrected chi connectivity index (χ0v) is 21.9. The molecular weight excluding hydrogens is 564 g/mol. The number of carbonyl (C=O) groups is 2. The number of ether oxygens (including phenoxy) is 2. The first-order valence-corrected chi connectivity index (χ1v) is 12.4. The van der Waals surface area contributed by atoms with E-state index in [1.807, 2.05) is 0 Å². The van der Waals surface area contributed by atoms with Crippen molar-refractivity contribution in [1.29, 1.82) is 0 Å². The predicted molar refractivity (Wildman–Crippen MR) is 142 cm³/mol. The second-order valence-electron chi connectivity index (χ2n) is 9.17. The Morgan fingerprint density at radius 3 is 1.55 bits per heavy atom. The Balaban J connectivity index is 1.39. The van der Waals surface area contributed by atoms with E-state index in [0.29, 0.717) is 22.4 Å². The summed E-state index contributed by atoms with van der Waals surface area (Å²) in [6, 6.07) is 20.4. The molecule has 4 aromatic rings. The summed E-state index contributed by atoms with van der Waals surface area (Å²) in [7, 11) is 1.18. The quantitative estimate of drug-likeness (QED) is 0.170. The van der Waals surface area contributed by atoms with Crippen LogP contribution in [0.2, 0.25) is 0 Å². The van der Waals surface area contributed by atoms with Gasteiger partial charge >= 0.3 is 18.3 Å². The third kappa shape index (κ3) is 7.68. The number of hydrogen-bond donors (Lipinski definition) is 1. The van der Waals surface area contributed by atoms with Gasteiger partial charge in [0.05, 0.1) is 18.2 Å². The molecule has 0 bridgehead atoms. The molecular formula is C31H23F6NO4. The normalized spacial score (nSPS) is 12.4. The van der Waals surface area contributed by atoms with Crippen LogP contribution in [0.3, 0.4) is 0 Å². The number of hydrogen-bond acceptors (Lipinski definition) is 4. The van der Waals surface area contributed by atoms with Gasteiger partial charge in [0, 0.05) is 12.0 Å². The lowest BCUT2D eigenvalue weighted by Crippen LogP contribution is -2.43. The summed E-state index contributed by atoms with van der Waals surface area (Å²) < 4.78 is 87.1. The molecule has 0 spiro atoms. The van der Waals surface area contributed by atoms with E-state index in [1.165, 1.54) is 43.5 Å². The van der Waals surface area contributed by atoms with Crippen LogP contribution in [0.15, 0.2) is 97.1 Å². The zero-order chi connectivity index (χ0) is 30.5. The van der Waals surface area contributed by atoms with Crippen LogP contribution in [-0.2, 0) is 28.3 Å². The molecule has 0 aromatic heterocycles. The molecule has 0 unspecified atom stereocenters. The molecule has 11 heteroatoms. The van der Waals surface area contributed by atoms with Gasteiger partial charge in [-0.05, 0) is 77.4 Å². The van der Waals surface area contributed by atoms with Crippen molar-refractivity contribution < 1.29 is 45.4 Å². The van der Waals surface area contributed by atoms with Crippen LogP contribution in [0, 0.1) is 0 Å². The summed E-state index contributed by atoms with van der Waals surface area (Å²) >= 11 is 0. The first kappa shape index (κ1) is 30.2. The van der Waals surface area contributed by atoms with E-state index in [2.05, 4.69) is 5.32 Å². The van der Waals surface area contributed by atoms with Gasteiger partial charge in [-0.1, -0.05) is 36.4 Å². The van der Waals surface area contributed by atoms with Crippen LogP contribution < -0.4 is 10.1 Å². The highest BCUT2D eigenvalue weighted by Crippen LogP contribution is 2.32. The van der Waals surface area contributed by atoms with Crippen LogP contribution in [-0.4, -0.2) is 25.0 Å². The smallest absolute Gasteiger partial charge is 0.416 e. The Morgan fingerprint density at radius 1 is 0.667 bits per heavy atom. The predicted octanol–water partition coefficient (Wildman–Crippen LogP) is 7.70. The molecule has 4 aromatic carbocycles. The van der Waals surface area contributed by atoms with E-state index in [4.69, 9.17) is 9.47 Å². The largest absolute Gasteiger partial charge is 0.467 e. The summed E-state index contributed by atoms with van der Waals surface area (Å²) in [4.78, 5) is 25.3. The molecule has 0 radical (unpaired) electrons. The van der Waals surface area contributed by atoms with Gasteiger partial charge < -0.3 is 14.8 Å². The lowest BCUT2D eigenvalue weighted by molar-refractivity contribution is -0.143. The number of esters is 1. The number of benzene rings is 4. The number of amides is 1. The highest BCUT2D eigenvalue weighted by Gasteiger charge is 2.31. The van der Waals surface area contributed by atoms with Gasteiger partial charge in [-0.3, -0.25) is 4.79 Å². The fourth-order valence-electron chi connectivity index (χ4n) is 4.02. The van der Waals surface area contributed by atoms with Crippen molar-refractivity contribution in [3.05, 3.63) is 119 Å². The molecule has 0 fully saturated rings. The maximum absolute atomic E-state index is 12.9. The Morgan fingerprint density at radius 2 is 1.10 bits per heavy atom. The minimum absolute atomic E-state index is 0.0720. The van der Waals surface area contributed by atoms with Crippen LogP contribution in [0.25, 0.3) is 11.1 Å². The highest BCUT2D eigenvalue weighted by atomic mass is 19.4. The van der Waals surface area contributed by atoms with E-state index in [0.717, 1.165) is 24.3 Å². The topological polar surface area (TPSA) is 64.6 Å². The second-order valence-corrected chi connectivity index (χ2v) is 9.17. The Bertz CT molecular complexity index is 1510. The summed E-state index contributed by atoms with van der Waals surface area (Å²) in [5.74, 6) is -0.688. The van der Waals surface area contributed by atoms with Gasteiger partial charge in [0.15, 0.2) is 0 Å². The van der Waals surface area contributed by atoms with Crippen LogP contribution in [0.1, 0.15) is 27.0 Å². The van der Waals surface area contributed by atoms with Gasteiger partial charge in [0.2, 0.25) is 0 Å². The molecule has 0 aliphatic heterocycles. The number of nitrogens with one attached hydrogen (secondary N) is 1. The van der Waals surface area contributed by atoms with E-state index < -0.39 is 41.4 Å². The van der Waals surface area contributed by atoms with Crippen LogP contribution >= 0.6 is 0 Å². The van der Waals surface area contributed by atoms with Crippen molar-refractivity contribution in [2.24, 2.45) is 0 Å². The molecule has 1 atom stereocenters. The van der Waals surface area contributed by atoms with Gasteiger partial charge in [-0.15, -0.1) is 0 Å². The van der Waals surface area contributed by atoms with Gasteiger partial charge in [0.1, 0.15) is 17.5 Å². The number of alkyl halides is 6. The van der Waals surface area contributed by atoms with Gasteiger partial charge in [-0.2, -0.15) is 26.3 Å². The average Bonchev–Trinajstić information content (AvgIpc) is 2.97. The summed E-state index contributed by atoms with van der Waals surface area (Å²) in [6.45, 7) is 0. The van der Waals surface area contributed by atoms with Gasteiger partial charge in [0.25, 0.3) is 5.91 Å². The first-order chi connectivity index (χ1) is 19.8. The lowest BCUT2D eigenvalue weighted by atomic mass is 10.0. The third-order valence-corrected chi connectivity index (χ3v) is 6.26. The van der Waals surface area contributed by atoms with Crippen molar-refractivity contribution in [3.8, 4) is 22.6 Å². The number of rotatable bonds is 8. The Kier molecular flexibility index (Phi) is 8.89. The minimum Gasteiger partial charge on any atom is -0.467 e. The summed E-state index contributed by atoms with van der Waals surface area (Å²) in [5, 5.41) is 2.63. The van der Waals surface area contributed by atoms with E-state index >= 15 is 0 Å². The number of carbonyl (C=O) groups excluding carboxylic acids is 2. The molecule has 1 amide bonds. The zero-order valence-electron chi connectivity index (χ0n) is 21.9.